The van der Waals surface area contributed by atoms with Crippen molar-refractivity contribution in [1.82, 2.24) is 10.6 Å². The lowest BCUT2D eigenvalue weighted by molar-refractivity contribution is -0.123. The molecule has 1 aromatic rings. The molecule has 11 nitrogen and oxygen atoms in total. The SMILES string of the molecule is [2H]C([2H])(O)C(NC(=O)c1c(I)c(NC(=O)[C@H](C)O)c(I)c(C(=O)NC(C([2H])([2H])O)C([2H])([2H])O)c1I)C([2H])([2H])O. The van der Waals surface area contributed by atoms with E-state index in [0.29, 0.717) is 0 Å². The molecule has 0 saturated heterocycles. The summed E-state index contributed by atoms with van der Waals surface area (Å²) in [6, 6.07) is -5.13. The van der Waals surface area contributed by atoms with E-state index in [2.05, 4.69) is 5.32 Å². The number of carbonyl (C=O) groups excluding carboxylic acids is 3. The molecule has 0 aliphatic carbocycles. The predicted molar refractivity (Wildman–Crippen MR) is 136 cm³/mol. The van der Waals surface area contributed by atoms with Crippen LogP contribution in [0.4, 0.5) is 5.69 Å². The average Bonchev–Trinajstić information content (AvgIpc) is 2.69. The molecule has 1 rings (SSSR count). The van der Waals surface area contributed by atoms with Crippen LogP contribution in [0.25, 0.3) is 0 Å². The monoisotopic (exact) mass is 785 g/mol. The van der Waals surface area contributed by atoms with Gasteiger partial charge in [0.2, 0.25) is 0 Å². The predicted octanol–water partition coefficient (Wildman–Crippen LogP) is -1.01. The summed E-state index contributed by atoms with van der Waals surface area (Å²) in [4.78, 5) is 38.7. The first-order valence-corrected chi connectivity index (χ1v) is 11.2. The van der Waals surface area contributed by atoms with Gasteiger partial charge in [0.05, 0.1) is 73.2 Å². The van der Waals surface area contributed by atoms with Gasteiger partial charge in [-0.2, -0.15) is 0 Å². The molecule has 174 valence electrons. The molecular weight excluding hydrogens is 755 g/mol. The number of carbonyl (C=O) groups is 3. The van der Waals surface area contributed by atoms with Crippen LogP contribution in [0.15, 0.2) is 0 Å². The van der Waals surface area contributed by atoms with Crippen molar-refractivity contribution in [2.75, 3.05) is 31.6 Å². The van der Waals surface area contributed by atoms with Crippen molar-refractivity contribution in [1.29, 1.82) is 0 Å². The molecule has 0 aromatic heterocycles. The number of anilines is 1. The summed E-state index contributed by atoms with van der Waals surface area (Å²) in [5.41, 5.74) is -1.38. The number of hydrogen-bond donors (Lipinski definition) is 8. The van der Waals surface area contributed by atoms with Gasteiger partial charge in [-0.1, -0.05) is 0 Å². The van der Waals surface area contributed by atoms with E-state index in [9.17, 15) is 39.9 Å². The molecule has 0 heterocycles. The molecule has 1 atom stereocenters. The number of amides is 3. The standard InChI is InChI=1S/C17H22I3N3O8/c1-6(28)15(29)23-14-12(19)9(16(30)21-7(2-24)3-25)11(18)10(13(14)20)17(31)22-8(4-26)5-27/h6-8,24-28H,2-5H2,1H3,(H,21,30)(H,22,31)(H,23,29)/t6-/m0/s1/i2D2,3D2,4D2,5D2. The van der Waals surface area contributed by atoms with Gasteiger partial charge >= 0.3 is 0 Å². The number of benzene rings is 1. The quantitative estimate of drug-likeness (QED) is 0.139. The summed E-state index contributed by atoms with van der Waals surface area (Å²) in [6.45, 7) is -12.9. The maximum absolute atomic E-state index is 13.2. The molecule has 31 heavy (non-hydrogen) atoms. The van der Waals surface area contributed by atoms with Crippen LogP contribution in [0, 0.1) is 10.7 Å². The van der Waals surface area contributed by atoms with E-state index in [1.807, 2.05) is 0 Å². The zero-order valence-electron chi connectivity index (χ0n) is 23.3. The molecule has 1 aromatic carbocycles. The Hall–Kier alpha value is -0.380. The van der Waals surface area contributed by atoms with Crippen molar-refractivity contribution in [3.63, 3.8) is 0 Å². The normalized spacial score (nSPS) is 17.8. The van der Waals surface area contributed by atoms with Crippen LogP contribution in [-0.4, -0.2) is 87.7 Å². The van der Waals surface area contributed by atoms with Crippen LogP contribution in [-0.2, 0) is 4.79 Å². The smallest absolute Gasteiger partial charge is 0.253 e. The summed E-state index contributed by atoms with van der Waals surface area (Å²) < 4.78 is 58.3. The lowest BCUT2D eigenvalue weighted by Crippen LogP contribution is -2.42. The fourth-order valence-corrected chi connectivity index (χ4v) is 6.41. The van der Waals surface area contributed by atoms with Crippen molar-refractivity contribution in [2.24, 2.45) is 0 Å². The topological polar surface area (TPSA) is 188 Å². The van der Waals surface area contributed by atoms with E-state index in [4.69, 9.17) is 11.0 Å². The molecule has 0 spiro atoms. The molecule has 3 amide bonds. The number of halogens is 3. The molecule has 0 aliphatic rings. The number of aliphatic hydroxyl groups excluding tert-OH is 1. The summed E-state index contributed by atoms with van der Waals surface area (Å²) >= 11 is 4.51. The Bertz CT molecular complexity index is 1040. The summed E-state index contributed by atoms with van der Waals surface area (Å²) in [5, 5.41) is 54.1. The molecule has 0 unspecified atom stereocenters. The third kappa shape index (κ3) is 7.30. The second-order valence-corrected chi connectivity index (χ2v) is 8.80. The molecule has 8 N–H and O–H groups in total. The molecule has 0 aliphatic heterocycles. The maximum atomic E-state index is 13.2. The fourth-order valence-electron chi connectivity index (χ4n) is 1.99. The Morgan fingerprint density at radius 2 is 1.19 bits per heavy atom. The third-order valence-corrected chi connectivity index (χ3v) is 6.70. The molecule has 0 saturated carbocycles. The molecule has 14 heteroatoms. The van der Waals surface area contributed by atoms with Gasteiger partial charge in [-0.05, 0) is 74.7 Å². The van der Waals surface area contributed by atoms with Crippen LogP contribution in [0.5, 0.6) is 0 Å². The van der Waals surface area contributed by atoms with Crippen LogP contribution < -0.4 is 16.0 Å². The van der Waals surface area contributed by atoms with Crippen LogP contribution in [0.3, 0.4) is 0 Å². The van der Waals surface area contributed by atoms with E-state index >= 15 is 0 Å². The first-order valence-electron chi connectivity index (χ1n) is 11.9. The highest BCUT2D eigenvalue weighted by molar-refractivity contribution is 14.1. The van der Waals surface area contributed by atoms with Gasteiger partial charge in [0.1, 0.15) is 6.10 Å². The average molecular weight is 785 g/mol. The first-order chi connectivity index (χ1) is 17.2. The van der Waals surface area contributed by atoms with Gasteiger partial charge in [-0.3, -0.25) is 14.4 Å². The van der Waals surface area contributed by atoms with Crippen LogP contribution >= 0.6 is 67.8 Å². The van der Waals surface area contributed by atoms with E-state index in [-0.39, 0.29) is 16.4 Å². The van der Waals surface area contributed by atoms with E-state index in [1.165, 1.54) is 67.8 Å². The van der Waals surface area contributed by atoms with Crippen molar-refractivity contribution >= 4 is 91.2 Å². The zero-order chi connectivity index (χ0) is 31.0. The van der Waals surface area contributed by atoms with E-state index in [0.717, 1.165) is 6.92 Å². The van der Waals surface area contributed by atoms with Gasteiger partial charge in [-0.25, -0.2) is 0 Å². The molecular formula is C17H22I3N3O8. The van der Waals surface area contributed by atoms with Crippen LogP contribution in [0.2, 0.25) is 0 Å². The summed E-state index contributed by atoms with van der Waals surface area (Å²) in [7, 11) is 0. The zero-order valence-corrected chi connectivity index (χ0v) is 21.8. The van der Waals surface area contributed by atoms with Crippen molar-refractivity contribution < 1.29 is 50.9 Å². The minimum absolute atomic E-state index is 0.147. The van der Waals surface area contributed by atoms with Gasteiger partial charge in [0.15, 0.2) is 0 Å². The van der Waals surface area contributed by atoms with E-state index < -0.39 is 73.3 Å². The second-order valence-electron chi connectivity index (χ2n) is 5.56. The highest BCUT2D eigenvalue weighted by Gasteiger charge is 2.30. The van der Waals surface area contributed by atoms with Gasteiger partial charge < -0.3 is 41.5 Å². The number of rotatable bonds is 10. The minimum atomic E-state index is -3.50. The molecule has 0 radical (unpaired) electrons. The Kier molecular flexibility index (Phi) is 7.76. The third-order valence-electron chi connectivity index (χ3n) is 3.47. The second kappa shape index (κ2) is 13.4. The lowest BCUT2D eigenvalue weighted by atomic mass is 10.1. The Morgan fingerprint density at radius 3 is 1.48 bits per heavy atom. The minimum Gasteiger partial charge on any atom is -0.394 e. The lowest BCUT2D eigenvalue weighted by Gasteiger charge is -2.22. The highest BCUT2D eigenvalue weighted by atomic mass is 127. The summed E-state index contributed by atoms with van der Waals surface area (Å²) in [5.74, 6) is -3.75. The van der Waals surface area contributed by atoms with E-state index in [1.54, 1.807) is 10.6 Å². The Labute approximate surface area is 230 Å². The maximum Gasteiger partial charge on any atom is 0.253 e. The first kappa shape index (κ1) is 18.0. The number of nitrogens with one attached hydrogen (secondary N) is 3. The number of hydrogen-bond acceptors (Lipinski definition) is 8. The number of aliphatic hydroxyl groups is 5. The largest absolute Gasteiger partial charge is 0.394 e. The fraction of sp³-hybridized carbons (Fsp3) is 0.471. The molecule has 0 bridgehead atoms. The Balaban J connectivity index is 3.91. The summed E-state index contributed by atoms with van der Waals surface area (Å²) in [6.07, 6.45) is -1.59. The van der Waals surface area contributed by atoms with Crippen molar-refractivity contribution in [3.05, 3.63) is 21.8 Å². The van der Waals surface area contributed by atoms with Gasteiger partial charge in [-0.15, -0.1) is 0 Å². The van der Waals surface area contributed by atoms with Crippen molar-refractivity contribution in [2.45, 2.75) is 25.1 Å². The van der Waals surface area contributed by atoms with Crippen LogP contribution in [0.1, 0.15) is 38.6 Å². The van der Waals surface area contributed by atoms with Gasteiger partial charge in [0, 0.05) is 3.57 Å². The van der Waals surface area contributed by atoms with Gasteiger partial charge in [0.25, 0.3) is 17.7 Å². The molecule has 0 fully saturated rings. The van der Waals surface area contributed by atoms with Crippen molar-refractivity contribution in [3.8, 4) is 0 Å². The highest BCUT2D eigenvalue weighted by Crippen LogP contribution is 2.36. The Morgan fingerprint density at radius 1 is 0.839 bits per heavy atom.